The van der Waals surface area contributed by atoms with Crippen LogP contribution in [-0.2, 0) is 6.42 Å². The third kappa shape index (κ3) is 3.10. The number of likely N-dealkylation sites (tertiary alicyclic amines) is 1. The highest BCUT2D eigenvalue weighted by atomic mass is 16.3. The van der Waals surface area contributed by atoms with Crippen LogP contribution in [0.25, 0.3) is 0 Å². The van der Waals surface area contributed by atoms with Gasteiger partial charge in [0.15, 0.2) is 0 Å². The zero-order chi connectivity index (χ0) is 13.0. The van der Waals surface area contributed by atoms with Crippen LogP contribution in [0.2, 0.25) is 0 Å². The Hall–Kier alpha value is -1.35. The summed E-state index contributed by atoms with van der Waals surface area (Å²) in [6, 6.07) is 7.90. The van der Waals surface area contributed by atoms with Crippen LogP contribution in [-0.4, -0.2) is 35.1 Å². The number of nitrogens with zero attached hydrogens (tertiary/aromatic N) is 1. The van der Waals surface area contributed by atoms with Crippen LogP contribution in [0.4, 0.5) is 0 Å². The van der Waals surface area contributed by atoms with Crippen molar-refractivity contribution in [3.05, 3.63) is 35.4 Å². The van der Waals surface area contributed by atoms with Crippen LogP contribution in [0, 0.1) is 0 Å². The van der Waals surface area contributed by atoms with Crippen molar-refractivity contribution in [3.8, 4) is 0 Å². The molecule has 0 bridgehead atoms. The Morgan fingerprint density at radius 1 is 1.28 bits per heavy atom. The van der Waals surface area contributed by atoms with E-state index in [0.29, 0.717) is 25.9 Å². The molecule has 2 rings (SSSR count). The molecule has 98 valence electrons. The zero-order valence-electron chi connectivity index (χ0n) is 10.9. The predicted octanol–water partition coefficient (Wildman–Crippen LogP) is 2.24. The van der Waals surface area contributed by atoms with Crippen molar-refractivity contribution in [2.45, 2.75) is 38.7 Å². The summed E-state index contributed by atoms with van der Waals surface area (Å²) in [7, 11) is 0. The van der Waals surface area contributed by atoms with Gasteiger partial charge in [-0.05, 0) is 37.0 Å². The van der Waals surface area contributed by atoms with Gasteiger partial charge in [-0.25, -0.2) is 0 Å². The summed E-state index contributed by atoms with van der Waals surface area (Å²) in [6.45, 7) is 3.48. The van der Waals surface area contributed by atoms with Gasteiger partial charge in [-0.2, -0.15) is 0 Å². The van der Waals surface area contributed by atoms with Gasteiger partial charge >= 0.3 is 0 Å². The van der Waals surface area contributed by atoms with E-state index in [0.717, 1.165) is 18.4 Å². The first-order valence-corrected chi connectivity index (χ1v) is 6.77. The Balaban J connectivity index is 2.00. The van der Waals surface area contributed by atoms with E-state index in [1.807, 2.05) is 29.2 Å². The normalized spacial score (nSPS) is 16.9. The highest BCUT2D eigenvalue weighted by molar-refractivity contribution is 5.94. The molecule has 18 heavy (non-hydrogen) atoms. The van der Waals surface area contributed by atoms with Crippen LogP contribution in [0.15, 0.2) is 24.3 Å². The number of carbonyl (C=O) groups is 1. The number of carbonyl (C=O) groups excluding carboxylic acids is 1. The van der Waals surface area contributed by atoms with Crippen molar-refractivity contribution in [1.29, 1.82) is 0 Å². The van der Waals surface area contributed by atoms with Crippen molar-refractivity contribution in [3.63, 3.8) is 0 Å². The number of benzene rings is 1. The van der Waals surface area contributed by atoms with E-state index in [-0.39, 0.29) is 12.0 Å². The average Bonchev–Trinajstić information content (AvgIpc) is 2.40. The molecule has 3 heteroatoms. The second kappa shape index (κ2) is 6.01. The molecular weight excluding hydrogens is 226 g/mol. The highest BCUT2D eigenvalue weighted by Gasteiger charge is 2.21. The Morgan fingerprint density at radius 2 is 1.89 bits per heavy atom. The molecule has 1 aliphatic rings. The second-order valence-corrected chi connectivity index (χ2v) is 4.97. The number of aryl methyl sites for hydroxylation is 1. The van der Waals surface area contributed by atoms with Gasteiger partial charge in [0.05, 0.1) is 6.10 Å². The second-order valence-electron chi connectivity index (χ2n) is 4.97. The number of aliphatic hydroxyl groups excluding tert-OH is 1. The van der Waals surface area contributed by atoms with Gasteiger partial charge < -0.3 is 10.0 Å². The fraction of sp³-hybridized carbons (Fsp3) is 0.533. The Kier molecular flexibility index (Phi) is 4.37. The number of aliphatic hydroxyl groups is 1. The third-order valence-corrected chi connectivity index (χ3v) is 3.49. The van der Waals surface area contributed by atoms with Crippen LogP contribution in [0.3, 0.4) is 0 Å². The van der Waals surface area contributed by atoms with Gasteiger partial charge in [0.25, 0.3) is 5.91 Å². The summed E-state index contributed by atoms with van der Waals surface area (Å²) >= 11 is 0. The molecule has 3 nitrogen and oxygen atoms in total. The zero-order valence-corrected chi connectivity index (χ0v) is 10.9. The maximum Gasteiger partial charge on any atom is 0.253 e. The smallest absolute Gasteiger partial charge is 0.253 e. The van der Waals surface area contributed by atoms with E-state index >= 15 is 0 Å². The lowest BCUT2D eigenvalue weighted by molar-refractivity contribution is 0.0546. The third-order valence-electron chi connectivity index (χ3n) is 3.49. The van der Waals surface area contributed by atoms with Crippen molar-refractivity contribution in [2.75, 3.05) is 13.1 Å². The quantitative estimate of drug-likeness (QED) is 0.890. The first-order valence-electron chi connectivity index (χ1n) is 6.77. The molecule has 0 atom stereocenters. The lowest BCUT2D eigenvalue weighted by Crippen LogP contribution is -2.40. The molecule has 1 aromatic rings. The molecule has 1 heterocycles. The molecule has 1 N–H and O–H groups in total. The van der Waals surface area contributed by atoms with Crippen LogP contribution >= 0.6 is 0 Å². The number of hydrogen-bond donors (Lipinski definition) is 1. The van der Waals surface area contributed by atoms with E-state index in [1.165, 1.54) is 5.56 Å². The van der Waals surface area contributed by atoms with Crippen molar-refractivity contribution in [2.24, 2.45) is 0 Å². The first-order chi connectivity index (χ1) is 8.70. The monoisotopic (exact) mass is 247 g/mol. The molecule has 1 aliphatic heterocycles. The molecule has 0 aliphatic carbocycles. The van der Waals surface area contributed by atoms with E-state index in [2.05, 4.69) is 6.92 Å². The standard InChI is InChI=1S/C15H21NO2/c1-2-3-12-4-6-13(7-5-12)15(18)16-10-8-14(17)9-11-16/h4-7,14,17H,2-3,8-11H2,1H3. The minimum Gasteiger partial charge on any atom is -0.393 e. The minimum absolute atomic E-state index is 0.0879. The Labute approximate surface area is 108 Å². The summed E-state index contributed by atoms with van der Waals surface area (Å²) in [6.07, 6.45) is 3.34. The van der Waals surface area contributed by atoms with Gasteiger partial charge in [-0.3, -0.25) is 4.79 Å². The van der Waals surface area contributed by atoms with E-state index < -0.39 is 0 Å². The highest BCUT2D eigenvalue weighted by Crippen LogP contribution is 2.14. The van der Waals surface area contributed by atoms with E-state index in [4.69, 9.17) is 0 Å². The summed E-state index contributed by atoms with van der Waals surface area (Å²) in [5, 5.41) is 9.44. The topological polar surface area (TPSA) is 40.5 Å². The lowest BCUT2D eigenvalue weighted by Gasteiger charge is -2.29. The first kappa shape index (κ1) is 13.1. The Morgan fingerprint density at radius 3 is 2.44 bits per heavy atom. The number of amides is 1. The van der Waals surface area contributed by atoms with Crippen LogP contribution in [0.1, 0.15) is 42.1 Å². The van der Waals surface area contributed by atoms with Gasteiger partial charge in [-0.1, -0.05) is 25.5 Å². The summed E-state index contributed by atoms with van der Waals surface area (Å²) in [4.78, 5) is 14.1. The molecule has 0 saturated carbocycles. The van der Waals surface area contributed by atoms with Crippen molar-refractivity contribution >= 4 is 5.91 Å². The van der Waals surface area contributed by atoms with Gasteiger partial charge in [0.2, 0.25) is 0 Å². The number of piperidine rings is 1. The molecule has 1 fully saturated rings. The van der Waals surface area contributed by atoms with E-state index in [9.17, 15) is 9.90 Å². The number of hydrogen-bond acceptors (Lipinski definition) is 2. The molecule has 0 spiro atoms. The van der Waals surface area contributed by atoms with Crippen molar-refractivity contribution < 1.29 is 9.90 Å². The lowest BCUT2D eigenvalue weighted by atomic mass is 10.0. The Bertz CT molecular complexity index is 391. The molecule has 0 radical (unpaired) electrons. The average molecular weight is 247 g/mol. The molecule has 0 aromatic heterocycles. The van der Waals surface area contributed by atoms with Crippen molar-refractivity contribution in [1.82, 2.24) is 4.90 Å². The fourth-order valence-corrected chi connectivity index (χ4v) is 2.35. The van der Waals surface area contributed by atoms with Gasteiger partial charge in [-0.15, -0.1) is 0 Å². The molecular formula is C15H21NO2. The summed E-state index contributed by atoms with van der Waals surface area (Å²) in [5.74, 6) is 0.0879. The van der Waals surface area contributed by atoms with Gasteiger partial charge in [0.1, 0.15) is 0 Å². The van der Waals surface area contributed by atoms with Crippen LogP contribution < -0.4 is 0 Å². The maximum absolute atomic E-state index is 12.2. The molecule has 1 saturated heterocycles. The predicted molar refractivity (Wildman–Crippen MR) is 71.6 cm³/mol. The summed E-state index contributed by atoms with van der Waals surface area (Å²) in [5.41, 5.74) is 2.04. The van der Waals surface area contributed by atoms with Crippen LogP contribution in [0.5, 0.6) is 0 Å². The number of rotatable bonds is 3. The largest absolute Gasteiger partial charge is 0.393 e. The van der Waals surface area contributed by atoms with Gasteiger partial charge in [0, 0.05) is 18.7 Å². The SMILES string of the molecule is CCCc1ccc(C(=O)N2CCC(O)CC2)cc1. The maximum atomic E-state index is 12.2. The molecule has 1 aromatic carbocycles. The minimum atomic E-state index is -0.235. The summed E-state index contributed by atoms with van der Waals surface area (Å²) < 4.78 is 0. The molecule has 1 amide bonds. The van der Waals surface area contributed by atoms with E-state index in [1.54, 1.807) is 0 Å². The molecule has 0 unspecified atom stereocenters. The fourth-order valence-electron chi connectivity index (χ4n) is 2.35.